The number of nitrogens with two attached hydrogens (primary N) is 1. The van der Waals surface area contributed by atoms with E-state index in [2.05, 4.69) is 41.4 Å². The maximum atomic E-state index is 12.1. The number of carbonyl (C=O) groups is 1. The van der Waals surface area contributed by atoms with Crippen molar-refractivity contribution in [2.75, 3.05) is 18.0 Å². The van der Waals surface area contributed by atoms with Crippen LogP contribution in [0.4, 0.5) is 5.69 Å². The molecule has 5 heteroatoms. The number of nitrogens with zero attached hydrogens (tertiary/aromatic N) is 1. The fourth-order valence-electron chi connectivity index (χ4n) is 2.38. The molecule has 1 atom stereocenters. The van der Waals surface area contributed by atoms with E-state index >= 15 is 0 Å². The van der Waals surface area contributed by atoms with E-state index in [-0.39, 0.29) is 24.4 Å². The highest BCUT2D eigenvalue weighted by Crippen LogP contribution is 2.18. The van der Waals surface area contributed by atoms with Crippen LogP contribution in [-0.4, -0.2) is 25.0 Å². The van der Waals surface area contributed by atoms with Gasteiger partial charge in [-0.05, 0) is 43.7 Å². The van der Waals surface area contributed by atoms with E-state index in [1.54, 1.807) is 0 Å². The van der Waals surface area contributed by atoms with E-state index in [9.17, 15) is 4.79 Å². The summed E-state index contributed by atoms with van der Waals surface area (Å²) in [5.41, 5.74) is 8.57. The van der Waals surface area contributed by atoms with Crippen molar-refractivity contribution in [2.45, 2.75) is 26.4 Å². The second-order valence-electron chi connectivity index (χ2n) is 5.66. The molecule has 0 aromatic heterocycles. The van der Waals surface area contributed by atoms with Crippen molar-refractivity contribution in [1.29, 1.82) is 0 Å². The zero-order chi connectivity index (χ0) is 16.7. The van der Waals surface area contributed by atoms with Gasteiger partial charge in [0.2, 0.25) is 0 Å². The summed E-state index contributed by atoms with van der Waals surface area (Å²) >= 11 is 0. The molecule has 0 aliphatic heterocycles. The van der Waals surface area contributed by atoms with Crippen LogP contribution in [-0.2, 0) is 6.54 Å². The highest BCUT2D eigenvalue weighted by molar-refractivity contribution is 5.94. The molecule has 0 saturated heterocycles. The Morgan fingerprint density at radius 1 is 1.12 bits per heavy atom. The predicted octanol–water partition coefficient (Wildman–Crippen LogP) is 3.21. The smallest absolute Gasteiger partial charge is 0.251 e. The molecular formula is C19H26ClN3O. The number of hydrogen-bond donors (Lipinski definition) is 2. The summed E-state index contributed by atoms with van der Waals surface area (Å²) in [6.45, 7) is 6.22. The molecule has 0 heterocycles. The van der Waals surface area contributed by atoms with Gasteiger partial charge in [-0.25, -0.2) is 0 Å². The summed E-state index contributed by atoms with van der Waals surface area (Å²) in [5.74, 6) is -0.0828. The molecule has 0 saturated carbocycles. The molecule has 130 valence electrons. The molecule has 24 heavy (non-hydrogen) atoms. The van der Waals surface area contributed by atoms with Gasteiger partial charge in [0.15, 0.2) is 0 Å². The van der Waals surface area contributed by atoms with E-state index in [1.165, 1.54) is 5.56 Å². The van der Waals surface area contributed by atoms with Crippen molar-refractivity contribution in [3.8, 4) is 0 Å². The largest absolute Gasteiger partial charge is 0.367 e. The van der Waals surface area contributed by atoms with Gasteiger partial charge in [-0.3, -0.25) is 4.79 Å². The van der Waals surface area contributed by atoms with Gasteiger partial charge in [-0.2, -0.15) is 0 Å². The number of rotatable bonds is 7. The molecule has 0 aliphatic rings. The summed E-state index contributed by atoms with van der Waals surface area (Å²) in [6, 6.07) is 18.1. The Morgan fingerprint density at radius 2 is 1.75 bits per heavy atom. The van der Waals surface area contributed by atoms with Crippen LogP contribution in [0.25, 0.3) is 0 Å². The Hall–Kier alpha value is -2.04. The zero-order valence-electron chi connectivity index (χ0n) is 14.2. The Balaban J connectivity index is 0.00000288. The first-order valence-electron chi connectivity index (χ1n) is 8.04. The molecule has 0 fully saturated rings. The molecule has 2 aromatic carbocycles. The third-order valence-electron chi connectivity index (χ3n) is 3.82. The van der Waals surface area contributed by atoms with Crippen molar-refractivity contribution >= 4 is 24.0 Å². The SMILES string of the molecule is CCN(Cc1ccccc1)c1ccc(C(=O)N[C@@H](C)CN)cc1.Cl. The van der Waals surface area contributed by atoms with Crippen molar-refractivity contribution in [3.05, 3.63) is 65.7 Å². The number of nitrogens with one attached hydrogen (secondary N) is 1. The summed E-state index contributed by atoms with van der Waals surface area (Å²) in [7, 11) is 0. The second-order valence-corrected chi connectivity index (χ2v) is 5.66. The van der Waals surface area contributed by atoms with E-state index in [0.717, 1.165) is 18.8 Å². The first kappa shape index (κ1) is 20.0. The quantitative estimate of drug-likeness (QED) is 0.808. The van der Waals surface area contributed by atoms with Crippen LogP contribution in [0.5, 0.6) is 0 Å². The maximum absolute atomic E-state index is 12.1. The number of benzene rings is 2. The Morgan fingerprint density at radius 3 is 2.29 bits per heavy atom. The topological polar surface area (TPSA) is 58.4 Å². The monoisotopic (exact) mass is 347 g/mol. The van der Waals surface area contributed by atoms with Gasteiger partial charge in [-0.1, -0.05) is 30.3 Å². The van der Waals surface area contributed by atoms with Crippen LogP contribution in [0.2, 0.25) is 0 Å². The van der Waals surface area contributed by atoms with Crippen molar-refractivity contribution in [3.63, 3.8) is 0 Å². The normalized spacial score (nSPS) is 11.3. The minimum atomic E-state index is -0.0828. The molecule has 2 rings (SSSR count). The van der Waals surface area contributed by atoms with Gasteiger partial charge < -0.3 is 16.0 Å². The van der Waals surface area contributed by atoms with E-state index < -0.39 is 0 Å². The fourth-order valence-corrected chi connectivity index (χ4v) is 2.38. The number of amides is 1. The van der Waals surface area contributed by atoms with Crippen LogP contribution in [0.1, 0.15) is 29.8 Å². The van der Waals surface area contributed by atoms with E-state index in [4.69, 9.17) is 5.73 Å². The second kappa shape index (κ2) is 9.96. The zero-order valence-corrected chi connectivity index (χ0v) is 15.1. The maximum Gasteiger partial charge on any atom is 0.251 e. The lowest BCUT2D eigenvalue weighted by Gasteiger charge is -2.23. The summed E-state index contributed by atoms with van der Waals surface area (Å²) in [4.78, 5) is 14.4. The average molecular weight is 348 g/mol. The van der Waals surface area contributed by atoms with Crippen molar-refractivity contribution < 1.29 is 4.79 Å². The van der Waals surface area contributed by atoms with Gasteiger partial charge in [0, 0.05) is 36.9 Å². The molecule has 0 radical (unpaired) electrons. The molecule has 0 spiro atoms. The third kappa shape index (κ3) is 5.55. The highest BCUT2D eigenvalue weighted by Gasteiger charge is 2.10. The number of carbonyl (C=O) groups excluding carboxylic acids is 1. The lowest BCUT2D eigenvalue weighted by molar-refractivity contribution is 0.0941. The molecule has 0 bridgehead atoms. The summed E-state index contributed by atoms with van der Waals surface area (Å²) in [5, 5.41) is 2.87. The fraction of sp³-hybridized carbons (Fsp3) is 0.316. The van der Waals surface area contributed by atoms with E-state index in [1.807, 2.05) is 37.3 Å². The number of halogens is 1. The number of hydrogen-bond acceptors (Lipinski definition) is 3. The molecule has 0 unspecified atom stereocenters. The molecule has 0 aliphatic carbocycles. The molecular weight excluding hydrogens is 322 g/mol. The lowest BCUT2D eigenvalue weighted by atomic mass is 10.1. The van der Waals surface area contributed by atoms with Crippen LogP contribution < -0.4 is 16.0 Å². The van der Waals surface area contributed by atoms with Gasteiger partial charge in [-0.15, -0.1) is 12.4 Å². The molecule has 3 N–H and O–H groups in total. The first-order valence-corrected chi connectivity index (χ1v) is 8.04. The minimum Gasteiger partial charge on any atom is -0.367 e. The van der Waals surface area contributed by atoms with Crippen molar-refractivity contribution in [2.24, 2.45) is 5.73 Å². The van der Waals surface area contributed by atoms with Crippen LogP contribution in [0.3, 0.4) is 0 Å². The summed E-state index contributed by atoms with van der Waals surface area (Å²) < 4.78 is 0. The molecule has 4 nitrogen and oxygen atoms in total. The molecule has 1 amide bonds. The predicted molar refractivity (Wildman–Crippen MR) is 103 cm³/mol. The summed E-state index contributed by atoms with van der Waals surface area (Å²) in [6.07, 6.45) is 0. The Bertz CT molecular complexity index is 616. The van der Waals surface area contributed by atoms with Gasteiger partial charge >= 0.3 is 0 Å². The standard InChI is InChI=1S/C19H25N3O.ClH/c1-3-22(14-16-7-5-4-6-8-16)18-11-9-17(10-12-18)19(23)21-15(2)13-20;/h4-12,15H,3,13-14,20H2,1-2H3,(H,21,23);1H/t15-;/m0./s1. The van der Waals surface area contributed by atoms with Gasteiger partial charge in [0.05, 0.1) is 0 Å². The number of anilines is 1. The Kier molecular flexibility index (Phi) is 8.30. The van der Waals surface area contributed by atoms with Gasteiger partial charge in [0.25, 0.3) is 5.91 Å². The van der Waals surface area contributed by atoms with Crippen LogP contribution in [0, 0.1) is 0 Å². The van der Waals surface area contributed by atoms with Crippen LogP contribution in [0.15, 0.2) is 54.6 Å². The van der Waals surface area contributed by atoms with Gasteiger partial charge in [0.1, 0.15) is 0 Å². The minimum absolute atomic E-state index is 0. The first-order chi connectivity index (χ1) is 11.1. The van der Waals surface area contributed by atoms with Crippen LogP contribution >= 0.6 is 12.4 Å². The molecule has 2 aromatic rings. The van der Waals surface area contributed by atoms with E-state index in [0.29, 0.717) is 12.1 Å². The van der Waals surface area contributed by atoms with Crippen molar-refractivity contribution in [1.82, 2.24) is 5.32 Å². The Labute approximate surface area is 150 Å². The lowest BCUT2D eigenvalue weighted by Crippen LogP contribution is -2.37. The highest BCUT2D eigenvalue weighted by atomic mass is 35.5. The third-order valence-corrected chi connectivity index (χ3v) is 3.82. The average Bonchev–Trinajstić information content (AvgIpc) is 2.60.